The van der Waals surface area contributed by atoms with Crippen molar-refractivity contribution in [1.82, 2.24) is 10.6 Å². The molecule has 2 amide bonds. The Balaban J connectivity index is 1.74. The first kappa shape index (κ1) is 19.6. The number of ether oxygens (including phenoxy) is 1. The van der Waals surface area contributed by atoms with Crippen LogP contribution in [0.15, 0.2) is 54.6 Å². The van der Waals surface area contributed by atoms with Crippen molar-refractivity contribution in [2.24, 2.45) is 5.92 Å². The summed E-state index contributed by atoms with van der Waals surface area (Å²) in [5.74, 6) is -0.922. The van der Waals surface area contributed by atoms with E-state index in [1.54, 1.807) is 19.1 Å². The fraction of sp³-hybridized carbons (Fsp3) is 0.318. The lowest BCUT2D eigenvalue weighted by atomic mass is 9.97. The van der Waals surface area contributed by atoms with Gasteiger partial charge in [0.05, 0.1) is 6.61 Å². The molecule has 0 radical (unpaired) electrons. The number of fused-ring (bicyclic) bond motifs is 1. The van der Waals surface area contributed by atoms with Crippen LogP contribution in [-0.2, 0) is 14.3 Å². The minimum Gasteiger partial charge on any atom is -0.463 e. The number of hydrogen-bond acceptors (Lipinski definition) is 4. The number of esters is 1. The third-order valence-corrected chi connectivity index (χ3v) is 4.78. The molecule has 6 nitrogen and oxygen atoms in total. The predicted octanol–water partition coefficient (Wildman–Crippen LogP) is 2.58. The maximum atomic E-state index is 12.8. The smallest absolute Gasteiger partial charge is 0.330 e. The molecule has 2 atom stereocenters. The highest BCUT2D eigenvalue weighted by Crippen LogP contribution is 2.19. The van der Waals surface area contributed by atoms with Crippen LogP contribution in [0.25, 0.3) is 10.8 Å². The molecular weight excluding hydrogens is 356 g/mol. The summed E-state index contributed by atoms with van der Waals surface area (Å²) < 4.78 is 4.90. The van der Waals surface area contributed by atoms with E-state index >= 15 is 0 Å². The van der Waals surface area contributed by atoms with Crippen molar-refractivity contribution >= 4 is 28.6 Å². The molecule has 1 aliphatic heterocycles. The van der Waals surface area contributed by atoms with Gasteiger partial charge in [-0.3, -0.25) is 9.59 Å². The first-order valence-corrected chi connectivity index (χ1v) is 9.49. The lowest BCUT2D eigenvalue weighted by Gasteiger charge is -2.18. The summed E-state index contributed by atoms with van der Waals surface area (Å²) in [5, 5.41) is 7.76. The van der Waals surface area contributed by atoms with Gasteiger partial charge in [-0.05, 0) is 42.7 Å². The molecule has 1 heterocycles. The number of rotatable bonds is 7. The molecule has 28 heavy (non-hydrogen) atoms. The maximum absolute atomic E-state index is 12.8. The number of amides is 2. The van der Waals surface area contributed by atoms with Gasteiger partial charge in [-0.1, -0.05) is 36.4 Å². The Labute approximate surface area is 163 Å². The number of hydrogen-bond donors (Lipinski definition) is 2. The van der Waals surface area contributed by atoms with Crippen molar-refractivity contribution in [3.63, 3.8) is 0 Å². The molecule has 0 unspecified atom stereocenters. The van der Waals surface area contributed by atoms with Crippen molar-refractivity contribution < 1.29 is 19.1 Å². The minimum atomic E-state index is -0.469. The van der Waals surface area contributed by atoms with Gasteiger partial charge in [0.1, 0.15) is 0 Å². The predicted molar refractivity (Wildman–Crippen MR) is 107 cm³/mol. The monoisotopic (exact) mass is 380 g/mol. The third kappa shape index (κ3) is 4.97. The zero-order chi connectivity index (χ0) is 19.9. The van der Waals surface area contributed by atoms with Crippen LogP contribution in [0.1, 0.15) is 30.1 Å². The highest BCUT2D eigenvalue weighted by molar-refractivity contribution is 5.99. The highest BCUT2D eigenvalue weighted by Gasteiger charge is 2.27. The van der Waals surface area contributed by atoms with Crippen molar-refractivity contribution in [1.29, 1.82) is 0 Å². The molecule has 1 fully saturated rings. The third-order valence-electron chi connectivity index (χ3n) is 4.78. The largest absolute Gasteiger partial charge is 0.463 e. The second-order valence-electron chi connectivity index (χ2n) is 6.77. The molecule has 2 aromatic carbocycles. The Kier molecular flexibility index (Phi) is 6.42. The molecule has 1 saturated heterocycles. The standard InChI is InChI=1S/C22H24N2O4/c1-2-28-20(25)10-9-19(14-18-11-12-23-21(18)26)24-22(27)17-8-7-15-5-3-4-6-16(15)13-17/h3-10,13,18-19H,2,11-12,14H2,1H3,(H,23,26)(H,24,27)/b10-9+/t18-,19+/m0/s1. The van der Waals surface area contributed by atoms with Crippen LogP contribution in [0, 0.1) is 5.92 Å². The molecule has 2 N–H and O–H groups in total. The molecule has 3 rings (SSSR count). The molecule has 0 bridgehead atoms. The average molecular weight is 380 g/mol. The molecule has 146 valence electrons. The van der Waals surface area contributed by atoms with Crippen LogP contribution >= 0.6 is 0 Å². The minimum absolute atomic E-state index is 0.0190. The van der Waals surface area contributed by atoms with Crippen LogP contribution in [0.2, 0.25) is 0 Å². The molecule has 0 spiro atoms. The van der Waals surface area contributed by atoms with Gasteiger partial charge < -0.3 is 15.4 Å². The molecular formula is C22H24N2O4. The zero-order valence-corrected chi connectivity index (χ0v) is 15.8. The number of benzene rings is 2. The number of carbonyl (C=O) groups excluding carboxylic acids is 3. The summed E-state index contributed by atoms with van der Waals surface area (Å²) in [6.07, 6.45) is 4.06. The summed E-state index contributed by atoms with van der Waals surface area (Å²) in [4.78, 5) is 36.3. The van der Waals surface area contributed by atoms with Gasteiger partial charge in [-0.25, -0.2) is 4.79 Å². The Bertz CT molecular complexity index is 906. The van der Waals surface area contributed by atoms with E-state index in [4.69, 9.17) is 4.74 Å². The molecule has 0 aromatic heterocycles. The molecule has 6 heteroatoms. The summed E-state index contributed by atoms with van der Waals surface area (Å²) in [6.45, 7) is 2.65. The van der Waals surface area contributed by atoms with Gasteiger partial charge in [0.25, 0.3) is 5.91 Å². The van der Waals surface area contributed by atoms with E-state index in [9.17, 15) is 14.4 Å². The summed E-state index contributed by atoms with van der Waals surface area (Å²) in [6, 6.07) is 12.9. The lowest BCUT2D eigenvalue weighted by molar-refractivity contribution is -0.137. The van der Waals surface area contributed by atoms with Crippen molar-refractivity contribution in [3.05, 3.63) is 60.2 Å². The van der Waals surface area contributed by atoms with E-state index < -0.39 is 12.0 Å². The van der Waals surface area contributed by atoms with E-state index in [2.05, 4.69) is 10.6 Å². The molecule has 2 aromatic rings. The van der Waals surface area contributed by atoms with Gasteiger partial charge in [-0.15, -0.1) is 0 Å². The van der Waals surface area contributed by atoms with Gasteiger partial charge in [0.2, 0.25) is 5.91 Å². The Morgan fingerprint density at radius 3 is 2.75 bits per heavy atom. The second kappa shape index (κ2) is 9.17. The fourth-order valence-electron chi connectivity index (χ4n) is 3.33. The van der Waals surface area contributed by atoms with Gasteiger partial charge in [-0.2, -0.15) is 0 Å². The van der Waals surface area contributed by atoms with Gasteiger partial charge >= 0.3 is 5.97 Å². The van der Waals surface area contributed by atoms with E-state index in [1.807, 2.05) is 36.4 Å². The average Bonchev–Trinajstić information content (AvgIpc) is 3.10. The van der Waals surface area contributed by atoms with Gasteiger partial charge in [0.15, 0.2) is 0 Å². The van der Waals surface area contributed by atoms with E-state index in [0.29, 0.717) is 24.9 Å². The first-order chi connectivity index (χ1) is 13.6. The van der Waals surface area contributed by atoms with Crippen LogP contribution in [0.3, 0.4) is 0 Å². The number of nitrogens with one attached hydrogen (secondary N) is 2. The van der Waals surface area contributed by atoms with Crippen LogP contribution in [-0.4, -0.2) is 37.0 Å². The summed E-state index contributed by atoms with van der Waals surface area (Å²) >= 11 is 0. The molecule has 0 aliphatic carbocycles. The summed E-state index contributed by atoms with van der Waals surface area (Å²) in [7, 11) is 0. The quantitative estimate of drug-likeness (QED) is 0.571. The Morgan fingerprint density at radius 1 is 1.25 bits per heavy atom. The SMILES string of the molecule is CCOC(=O)/C=C/[C@H](C[C@@H]1CCNC1=O)NC(=O)c1ccc2ccccc2c1. The lowest BCUT2D eigenvalue weighted by Crippen LogP contribution is -2.36. The highest BCUT2D eigenvalue weighted by atomic mass is 16.5. The normalized spacial score (nSPS) is 17.5. The van der Waals surface area contributed by atoms with E-state index in [-0.39, 0.29) is 24.3 Å². The van der Waals surface area contributed by atoms with Crippen molar-refractivity contribution in [2.45, 2.75) is 25.8 Å². The topological polar surface area (TPSA) is 84.5 Å². The van der Waals surface area contributed by atoms with Crippen LogP contribution < -0.4 is 10.6 Å². The van der Waals surface area contributed by atoms with E-state index in [0.717, 1.165) is 10.8 Å². The van der Waals surface area contributed by atoms with Crippen LogP contribution in [0.4, 0.5) is 0 Å². The van der Waals surface area contributed by atoms with Gasteiger partial charge in [0, 0.05) is 30.1 Å². The number of carbonyl (C=O) groups is 3. The second-order valence-corrected chi connectivity index (χ2v) is 6.77. The van der Waals surface area contributed by atoms with E-state index in [1.165, 1.54) is 6.08 Å². The van der Waals surface area contributed by atoms with Crippen molar-refractivity contribution in [2.75, 3.05) is 13.2 Å². The zero-order valence-electron chi connectivity index (χ0n) is 15.8. The fourth-order valence-corrected chi connectivity index (χ4v) is 3.33. The van der Waals surface area contributed by atoms with Crippen molar-refractivity contribution in [3.8, 4) is 0 Å². The molecule has 1 aliphatic rings. The molecule has 0 saturated carbocycles. The summed E-state index contributed by atoms with van der Waals surface area (Å²) in [5.41, 5.74) is 0.532. The van der Waals surface area contributed by atoms with Crippen LogP contribution in [0.5, 0.6) is 0 Å². The maximum Gasteiger partial charge on any atom is 0.330 e. The Morgan fingerprint density at radius 2 is 2.04 bits per heavy atom. The first-order valence-electron chi connectivity index (χ1n) is 9.49. The Hall–Kier alpha value is -3.15.